The summed E-state index contributed by atoms with van der Waals surface area (Å²) in [5.74, 6) is -0.198. The molecule has 3 aromatic rings. The number of rotatable bonds is 11. The Morgan fingerprint density at radius 1 is 0.838 bits per heavy atom. The minimum Gasteiger partial charge on any atom is -0.444 e. The largest absolute Gasteiger partial charge is 0.444 e. The molecule has 3 atom stereocenters. The van der Waals surface area contributed by atoms with Crippen molar-refractivity contribution in [3.8, 4) is 0 Å². The van der Waals surface area contributed by atoms with Gasteiger partial charge in [-0.3, -0.25) is 10.1 Å². The lowest BCUT2D eigenvalue weighted by atomic mass is 9.97. The van der Waals surface area contributed by atoms with Crippen LogP contribution in [-0.4, -0.2) is 36.4 Å². The summed E-state index contributed by atoms with van der Waals surface area (Å²) in [7, 11) is 0. The molecule has 0 aliphatic heterocycles. The highest BCUT2D eigenvalue weighted by Crippen LogP contribution is 2.19. The monoisotopic (exact) mass is 502 g/mol. The number of carbonyl (C=O) groups excluding carboxylic acids is 2. The van der Waals surface area contributed by atoms with E-state index in [9.17, 15) is 9.59 Å². The van der Waals surface area contributed by atoms with Gasteiger partial charge in [0.15, 0.2) is 0 Å². The number of alkyl carbamates (subject to hydrolysis) is 1. The fraction of sp³-hybridized carbons (Fsp3) is 0.333. The number of hydrogen-bond donors (Lipinski definition) is 4. The predicted octanol–water partition coefficient (Wildman–Crippen LogP) is 4.56. The first kappa shape index (κ1) is 27.9. The van der Waals surface area contributed by atoms with Gasteiger partial charge in [-0.15, -0.1) is 0 Å². The zero-order valence-electron chi connectivity index (χ0n) is 21.8. The van der Waals surface area contributed by atoms with Crippen molar-refractivity contribution in [1.29, 1.82) is 0 Å². The summed E-state index contributed by atoms with van der Waals surface area (Å²) in [6.45, 7) is 5.71. The van der Waals surface area contributed by atoms with Crippen molar-refractivity contribution in [2.24, 2.45) is 5.73 Å². The Morgan fingerprint density at radius 3 is 1.97 bits per heavy atom. The molecule has 0 radical (unpaired) electrons. The van der Waals surface area contributed by atoms with Crippen molar-refractivity contribution in [1.82, 2.24) is 16.0 Å². The van der Waals surface area contributed by atoms with Gasteiger partial charge < -0.3 is 21.1 Å². The van der Waals surface area contributed by atoms with Crippen LogP contribution in [0.25, 0.3) is 0 Å². The van der Waals surface area contributed by atoms with Crippen LogP contribution in [0.2, 0.25) is 0 Å². The third-order valence-electron chi connectivity index (χ3n) is 5.81. The van der Waals surface area contributed by atoms with E-state index in [-0.39, 0.29) is 18.5 Å². The molecule has 0 heterocycles. The van der Waals surface area contributed by atoms with Crippen LogP contribution in [0, 0.1) is 0 Å². The lowest BCUT2D eigenvalue weighted by Crippen LogP contribution is -2.56. The zero-order valence-corrected chi connectivity index (χ0v) is 21.8. The molecule has 3 rings (SSSR count). The molecule has 0 aromatic heterocycles. The molecule has 0 aliphatic carbocycles. The fourth-order valence-corrected chi connectivity index (χ4v) is 4.05. The summed E-state index contributed by atoms with van der Waals surface area (Å²) in [5.41, 5.74) is 8.26. The molecular formula is C30H38N4O3. The van der Waals surface area contributed by atoms with Gasteiger partial charge in [0.2, 0.25) is 0 Å². The van der Waals surface area contributed by atoms with Crippen LogP contribution < -0.4 is 21.7 Å². The van der Waals surface area contributed by atoms with E-state index in [1.165, 1.54) is 0 Å². The molecule has 0 bridgehead atoms. The van der Waals surface area contributed by atoms with Gasteiger partial charge in [-0.2, -0.15) is 0 Å². The van der Waals surface area contributed by atoms with Crippen molar-refractivity contribution in [3.05, 3.63) is 108 Å². The average molecular weight is 503 g/mol. The van der Waals surface area contributed by atoms with E-state index in [4.69, 9.17) is 10.5 Å². The molecule has 0 spiro atoms. The average Bonchev–Trinajstić information content (AvgIpc) is 2.89. The molecule has 0 aliphatic rings. The van der Waals surface area contributed by atoms with Crippen molar-refractivity contribution in [2.75, 3.05) is 6.54 Å². The minimum absolute atomic E-state index is 0.198. The molecule has 7 heteroatoms. The van der Waals surface area contributed by atoms with E-state index in [2.05, 4.69) is 28.1 Å². The van der Waals surface area contributed by atoms with Gasteiger partial charge in [0.05, 0.1) is 12.2 Å². The Bertz CT molecular complexity index is 1100. The molecule has 5 N–H and O–H groups in total. The summed E-state index contributed by atoms with van der Waals surface area (Å²) >= 11 is 0. The number of benzene rings is 3. The highest BCUT2D eigenvalue weighted by atomic mass is 16.6. The molecular weight excluding hydrogens is 464 g/mol. The van der Waals surface area contributed by atoms with Gasteiger partial charge >= 0.3 is 6.09 Å². The highest BCUT2D eigenvalue weighted by Gasteiger charge is 2.28. The third-order valence-corrected chi connectivity index (χ3v) is 5.81. The number of ether oxygens (including phenoxy) is 1. The van der Waals surface area contributed by atoms with Gasteiger partial charge in [0.1, 0.15) is 5.60 Å². The Hall–Kier alpha value is -3.68. The van der Waals surface area contributed by atoms with Crippen molar-refractivity contribution in [3.63, 3.8) is 0 Å². The molecule has 3 aromatic carbocycles. The van der Waals surface area contributed by atoms with Crippen LogP contribution in [0.3, 0.4) is 0 Å². The number of nitrogens with one attached hydrogen (secondary N) is 3. The van der Waals surface area contributed by atoms with Gasteiger partial charge in [-0.25, -0.2) is 4.79 Å². The second kappa shape index (κ2) is 13.6. The van der Waals surface area contributed by atoms with E-state index in [1.807, 2.05) is 87.5 Å². The Balaban J connectivity index is 1.82. The van der Waals surface area contributed by atoms with Crippen molar-refractivity contribution in [2.45, 2.75) is 57.5 Å². The third kappa shape index (κ3) is 9.37. The number of amides is 2. The lowest BCUT2D eigenvalue weighted by molar-refractivity contribution is 0.0484. The van der Waals surface area contributed by atoms with Gasteiger partial charge in [-0.05, 0) is 56.9 Å². The van der Waals surface area contributed by atoms with Gasteiger partial charge in [0, 0.05) is 18.2 Å². The fourth-order valence-electron chi connectivity index (χ4n) is 4.05. The maximum atomic E-state index is 13.1. The molecule has 3 unspecified atom stereocenters. The number of aryl methyl sites for hydroxylation is 1. The Kier molecular flexibility index (Phi) is 10.2. The number of nitrogens with two attached hydrogens (primary N) is 1. The van der Waals surface area contributed by atoms with E-state index in [0.29, 0.717) is 12.0 Å². The van der Waals surface area contributed by atoms with Crippen molar-refractivity contribution < 1.29 is 14.3 Å². The maximum Gasteiger partial charge on any atom is 0.408 e. The summed E-state index contributed by atoms with van der Waals surface area (Å²) < 4.78 is 5.51. The first-order valence-corrected chi connectivity index (χ1v) is 12.7. The second-order valence-corrected chi connectivity index (χ2v) is 9.96. The minimum atomic E-state index is -0.627. The van der Waals surface area contributed by atoms with Crippen LogP contribution in [0.1, 0.15) is 54.7 Å². The Morgan fingerprint density at radius 2 is 1.41 bits per heavy atom. The summed E-state index contributed by atoms with van der Waals surface area (Å²) in [6, 6.07) is 28.0. The van der Waals surface area contributed by atoms with Gasteiger partial charge in [-0.1, -0.05) is 78.9 Å². The van der Waals surface area contributed by atoms with E-state index in [0.717, 1.165) is 17.5 Å². The van der Waals surface area contributed by atoms with Crippen LogP contribution in [0.5, 0.6) is 0 Å². The van der Waals surface area contributed by atoms with Gasteiger partial charge in [0.25, 0.3) is 5.91 Å². The van der Waals surface area contributed by atoms with Crippen molar-refractivity contribution >= 4 is 12.0 Å². The Labute approximate surface area is 219 Å². The standard InChI is InChI=1S/C30H38N4O3/c1-30(2,3)37-29(36)33-26(20-19-22-13-7-4-8-14-22)32-25(21-31)27(23-15-9-5-10-16-23)34-28(35)24-17-11-6-12-18-24/h4-18,25-27,32H,19-21,31H2,1-3H3,(H,33,36)(H,34,35). The maximum absolute atomic E-state index is 13.1. The molecule has 2 amide bonds. The lowest BCUT2D eigenvalue weighted by Gasteiger charge is -2.33. The first-order chi connectivity index (χ1) is 17.7. The van der Waals surface area contributed by atoms with E-state index in [1.54, 1.807) is 12.1 Å². The SMILES string of the molecule is CC(C)(C)OC(=O)NC(CCc1ccccc1)NC(CN)C(NC(=O)c1ccccc1)c1ccccc1. The predicted molar refractivity (Wildman–Crippen MR) is 147 cm³/mol. The molecule has 0 fully saturated rings. The molecule has 196 valence electrons. The second-order valence-electron chi connectivity index (χ2n) is 9.96. The topological polar surface area (TPSA) is 105 Å². The molecule has 0 saturated heterocycles. The molecule has 7 nitrogen and oxygen atoms in total. The summed E-state index contributed by atoms with van der Waals surface area (Å²) in [6.07, 6.45) is 0.383. The van der Waals surface area contributed by atoms with Crippen LogP contribution in [0.15, 0.2) is 91.0 Å². The summed E-state index contributed by atoms with van der Waals surface area (Å²) in [4.78, 5) is 25.8. The van der Waals surface area contributed by atoms with Crippen LogP contribution in [-0.2, 0) is 11.2 Å². The summed E-state index contributed by atoms with van der Waals surface area (Å²) in [5, 5.41) is 9.60. The normalized spacial score (nSPS) is 13.7. The zero-order chi connectivity index (χ0) is 26.7. The molecule has 0 saturated carbocycles. The quantitative estimate of drug-likeness (QED) is 0.288. The van der Waals surface area contributed by atoms with E-state index >= 15 is 0 Å². The van der Waals surface area contributed by atoms with E-state index < -0.39 is 23.9 Å². The number of hydrogen-bond acceptors (Lipinski definition) is 5. The smallest absolute Gasteiger partial charge is 0.408 e. The highest BCUT2D eigenvalue weighted by molar-refractivity contribution is 5.94. The van der Waals surface area contributed by atoms with Crippen LogP contribution >= 0.6 is 0 Å². The first-order valence-electron chi connectivity index (χ1n) is 12.7. The molecule has 37 heavy (non-hydrogen) atoms. The van der Waals surface area contributed by atoms with Crippen LogP contribution in [0.4, 0.5) is 4.79 Å². The number of carbonyl (C=O) groups is 2.